The third-order valence-corrected chi connectivity index (χ3v) is 4.41. The first kappa shape index (κ1) is 15.1. The molecule has 7 nitrogen and oxygen atoms in total. The average Bonchev–Trinajstić information content (AvgIpc) is 3.16. The minimum Gasteiger partial charge on any atom is -0.366 e. The molecule has 3 heterocycles. The van der Waals surface area contributed by atoms with Crippen LogP contribution in [0.3, 0.4) is 0 Å². The minimum atomic E-state index is -0.270. The fourth-order valence-electron chi connectivity index (χ4n) is 2.41. The van der Waals surface area contributed by atoms with Gasteiger partial charge in [-0.25, -0.2) is 9.97 Å². The summed E-state index contributed by atoms with van der Waals surface area (Å²) in [5.41, 5.74) is 0. The minimum absolute atomic E-state index is 0.00298. The van der Waals surface area contributed by atoms with Crippen LogP contribution in [0.2, 0.25) is 0 Å². The van der Waals surface area contributed by atoms with Crippen LogP contribution in [0.15, 0.2) is 6.20 Å². The van der Waals surface area contributed by atoms with Gasteiger partial charge < -0.3 is 9.64 Å². The normalized spacial score (nSPS) is 18.6. The van der Waals surface area contributed by atoms with Crippen molar-refractivity contribution in [2.75, 3.05) is 19.7 Å². The maximum atomic E-state index is 12.5. The molecule has 0 aliphatic carbocycles. The number of ether oxygens (including phenoxy) is 1. The highest BCUT2D eigenvalue weighted by atomic mass is 32.1. The average molecular weight is 321 g/mol. The topological polar surface area (TPSA) is 84.0 Å². The van der Waals surface area contributed by atoms with E-state index in [1.54, 1.807) is 11.1 Å². The number of aryl methyl sites for hydroxylation is 2. The molecule has 1 saturated heterocycles. The lowest BCUT2D eigenvalue weighted by Crippen LogP contribution is -2.42. The van der Waals surface area contributed by atoms with E-state index in [0.29, 0.717) is 30.4 Å². The van der Waals surface area contributed by atoms with Crippen molar-refractivity contribution in [3.05, 3.63) is 27.7 Å². The van der Waals surface area contributed by atoms with Gasteiger partial charge >= 0.3 is 0 Å². The summed E-state index contributed by atoms with van der Waals surface area (Å²) < 4.78 is 5.73. The van der Waals surface area contributed by atoms with Gasteiger partial charge in [-0.2, -0.15) is 5.10 Å². The number of hydrogen-bond donors (Lipinski definition) is 1. The molecule has 8 heteroatoms. The fourth-order valence-corrected chi connectivity index (χ4v) is 3.15. The van der Waals surface area contributed by atoms with Crippen molar-refractivity contribution in [2.45, 2.75) is 32.8 Å². The van der Waals surface area contributed by atoms with Crippen molar-refractivity contribution in [3.8, 4) is 0 Å². The van der Waals surface area contributed by atoms with E-state index in [1.165, 1.54) is 11.3 Å². The second kappa shape index (κ2) is 6.53. The summed E-state index contributed by atoms with van der Waals surface area (Å²) in [6.45, 7) is 5.53. The van der Waals surface area contributed by atoms with Crippen molar-refractivity contribution in [1.82, 2.24) is 25.1 Å². The molecule has 1 atom stereocenters. The molecule has 1 N–H and O–H groups in total. The molecule has 0 spiro atoms. The van der Waals surface area contributed by atoms with Crippen LogP contribution in [0, 0.1) is 6.92 Å². The molecule has 118 valence electrons. The molecule has 0 radical (unpaired) electrons. The van der Waals surface area contributed by atoms with Crippen molar-refractivity contribution in [2.24, 2.45) is 0 Å². The van der Waals surface area contributed by atoms with Gasteiger partial charge in [-0.3, -0.25) is 9.89 Å². The monoisotopic (exact) mass is 321 g/mol. The van der Waals surface area contributed by atoms with Crippen molar-refractivity contribution < 1.29 is 9.53 Å². The van der Waals surface area contributed by atoms with E-state index in [-0.39, 0.29) is 12.0 Å². The number of nitrogens with one attached hydrogen (secondary N) is 1. The Kier molecular flexibility index (Phi) is 4.49. The molecule has 1 aliphatic rings. The summed E-state index contributed by atoms with van der Waals surface area (Å²) in [6.07, 6.45) is 3.24. The van der Waals surface area contributed by atoms with Crippen LogP contribution < -0.4 is 0 Å². The zero-order valence-corrected chi connectivity index (χ0v) is 13.5. The Labute approximate surface area is 132 Å². The van der Waals surface area contributed by atoms with E-state index in [2.05, 4.69) is 27.1 Å². The third-order valence-electron chi connectivity index (χ3n) is 3.51. The highest BCUT2D eigenvalue weighted by molar-refractivity contribution is 7.13. The summed E-state index contributed by atoms with van der Waals surface area (Å²) >= 11 is 1.42. The maximum absolute atomic E-state index is 12.5. The number of amides is 1. The third kappa shape index (κ3) is 3.17. The lowest BCUT2D eigenvalue weighted by molar-refractivity contribution is -0.0265. The predicted molar refractivity (Wildman–Crippen MR) is 81.8 cm³/mol. The van der Waals surface area contributed by atoms with Gasteiger partial charge in [0.2, 0.25) is 0 Å². The van der Waals surface area contributed by atoms with Crippen molar-refractivity contribution in [1.29, 1.82) is 0 Å². The molecular weight excluding hydrogens is 302 g/mol. The fraction of sp³-hybridized carbons (Fsp3) is 0.571. The standard InChI is InChI=1S/C14H19N5O2S/c1-3-4-12-16-13(18-17-12)10-8-19(5-6-21-10)14(20)11-7-15-9(2)22-11/h7,10H,3-6,8H2,1-2H3,(H,16,17,18)/t10-/m0/s1. The first-order chi connectivity index (χ1) is 10.7. The van der Waals surface area contributed by atoms with E-state index < -0.39 is 0 Å². The van der Waals surface area contributed by atoms with Crippen LogP contribution in [0.5, 0.6) is 0 Å². The lowest BCUT2D eigenvalue weighted by Gasteiger charge is -2.31. The van der Waals surface area contributed by atoms with Gasteiger partial charge in [-0.15, -0.1) is 11.3 Å². The van der Waals surface area contributed by atoms with Gasteiger partial charge in [0.1, 0.15) is 16.8 Å². The summed E-state index contributed by atoms with van der Waals surface area (Å²) in [5, 5.41) is 8.05. The smallest absolute Gasteiger partial charge is 0.265 e. The number of thiazole rings is 1. The first-order valence-electron chi connectivity index (χ1n) is 7.42. The molecule has 0 saturated carbocycles. The number of morpholine rings is 1. The molecule has 22 heavy (non-hydrogen) atoms. The Morgan fingerprint density at radius 3 is 3.18 bits per heavy atom. The molecule has 0 bridgehead atoms. The van der Waals surface area contributed by atoms with Gasteiger partial charge in [0.15, 0.2) is 5.82 Å². The zero-order valence-electron chi connectivity index (χ0n) is 12.7. The van der Waals surface area contributed by atoms with Crippen molar-refractivity contribution in [3.63, 3.8) is 0 Å². The molecule has 3 rings (SSSR count). The van der Waals surface area contributed by atoms with Crippen LogP contribution in [-0.2, 0) is 11.2 Å². The van der Waals surface area contributed by atoms with Gasteiger partial charge in [0.25, 0.3) is 5.91 Å². The van der Waals surface area contributed by atoms with Crippen LogP contribution in [0.4, 0.5) is 0 Å². The first-order valence-corrected chi connectivity index (χ1v) is 8.23. The highest BCUT2D eigenvalue weighted by Gasteiger charge is 2.29. The Hall–Kier alpha value is -1.80. The molecule has 2 aromatic heterocycles. The van der Waals surface area contributed by atoms with E-state index in [9.17, 15) is 4.79 Å². The summed E-state index contributed by atoms with van der Waals surface area (Å²) in [5.74, 6) is 1.49. The van der Waals surface area contributed by atoms with Crippen LogP contribution in [0.1, 0.15) is 45.8 Å². The maximum Gasteiger partial charge on any atom is 0.265 e. The molecule has 1 aliphatic heterocycles. The number of nitrogens with zero attached hydrogens (tertiary/aromatic N) is 4. The van der Waals surface area contributed by atoms with E-state index in [1.807, 2.05) is 6.92 Å². The van der Waals surface area contributed by atoms with Gasteiger partial charge in [0.05, 0.1) is 24.4 Å². The highest BCUT2D eigenvalue weighted by Crippen LogP contribution is 2.22. The predicted octanol–water partition coefficient (Wildman–Crippen LogP) is 1.74. The van der Waals surface area contributed by atoms with Crippen LogP contribution in [-0.4, -0.2) is 50.7 Å². The number of aromatic nitrogens is 4. The van der Waals surface area contributed by atoms with Gasteiger partial charge in [-0.1, -0.05) is 6.92 Å². The van der Waals surface area contributed by atoms with Crippen molar-refractivity contribution >= 4 is 17.2 Å². The molecule has 1 fully saturated rings. The number of carbonyl (C=O) groups is 1. The number of hydrogen-bond acceptors (Lipinski definition) is 6. The second-order valence-corrected chi connectivity index (χ2v) is 6.48. The Balaban J connectivity index is 1.69. The molecule has 2 aromatic rings. The number of rotatable bonds is 4. The van der Waals surface area contributed by atoms with Crippen LogP contribution >= 0.6 is 11.3 Å². The molecule has 1 amide bonds. The summed E-state index contributed by atoms with van der Waals surface area (Å²) in [4.78, 5) is 23.5. The second-order valence-electron chi connectivity index (χ2n) is 5.24. The van der Waals surface area contributed by atoms with E-state index in [0.717, 1.165) is 23.7 Å². The Bertz CT molecular complexity index is 653. The van der Waals surface area contributed by atoms with E-state index >= 15 is 0 Å². The number of carbonyl (C=O) groups excluding carboxylic acids is 1. The number of H-pyrrole nitrogens is 1. The molecule has 0 unspecified atom stereocenters. The Morgan fingerprint density at radius 1 is 1.59 bits per heavy atom. The Morgan fingerprint density at radius 2 is 2.45 bits per heavy atom. The summed E-state index contributed by atoms with van der Waals surface area (Å²) in [6, 6.07) is 0. The van der Waals surface area contributed by atoms with Crippen LogP contribution in [0.25, 0.3) is 0 Å². The largest absolute Gasteiger partial charge is 0.366 e. The van der Waals surface area contributed by atoms with Gasteiger partial charge in [0, 0.05) is 13.0 Å². The molecular formula is C14H19N5O2S. The number of aromatic amines is 1. The molecule has 0 aromatic carbocycles. The summed E-state index contributed by atoms with van der Waals surface area (Å²) in [7, 11) is 0. The van der Waals surface area contributed by atoms with E-state index in [4.69, 9.17) is 4.74 Å². The lowest BCUT2D eigenvalue weighted by atomic mass is 10.2. The van der Waals surface area contributed by atoms with Gasteiger partial charge in [-0.05, 0) is 13.3 Å². The SMILES string of the molecule is CCCc1nc([C@@H]2CN(C(=O)c3cnc(C)s3)CCO2)n[nH]1. The quantitative estimate of drug-likeness (QED) is 0.927. The zero-order chi connectivity index (χ0) is 15.5.